The van der Waals surface area contributed by atoms with Gasteiger partial charge < -0.3 is 15.4 Å². The van der Waals surface area contributed by atoms with E-state index in [0.29, 0.717) is 18.5 Å². The summed E-state index contributed by atoms with van der Waals surface area (Å²) in [6.07, 6.45) is 7.18. The number of ether oxygens (including phenoxy) is 1. The quantitative estimate of drug-likeness (QED) is 0.772. The molecule has 0 aliphatic heterocycles. The number of carbonyl (C=O) groups excluding carboxylic acids is 1. The van der Waals surface area contributed by atoms with Gasteiger partial charge in [0.1, 0.15) is 5.54 Å². The second-order valence-electron chi connectivity index (χ2n) is 6.65. The van der Waals surface area contributed by atoms with Gasteiger partial charge in [-0.25, -0.2) is 0 Å². The van der Waals surface area contributed by atoms with Gasteiger partial charge >= 0.3 is 5.97 Å². The van der Waals surface area contributed by atoms with E-state index in [2.05, 4.69) is 18.9 Å². The number of rotatable bonds is 5. The highest BCUT2D eigenvalue weighted by atomic mass is 16.5. The highest BCUT2D eigenvalue weighted by molar-refractivity contribution is 5.81. The van der Waals surface area contributed by atoms with Crippen molar-refractivity contribution in [3.8, 4) is 0 Å². The summed E-state index contributed by atoms with van der Waals surface area (Å²) >= 11 is 0. The van der Waals surface area contributed by atoms with Gasteiger partial charge in [0.05, 0.1) is 7.11 Å². The molecule has 2 aliphatic rings. The number of nitrogens with zero attached hydrogens (tertiary/aromatic N) is 1. The van der Waals surface area contributed by atoms with Crippen LogP contribution in [-0.2, 0) is 9.53 Å². The number of methoxy groups -OCH3 is 1. The van der Waals surface area contributed by atoms with Gasteiger partial charge in [-0.15, -0.1) is 0 Å². The van der Waals surface area contributed by atoms with Crippen LogP contribution in [-0.4, -0.2) is 43.2 Å². The number of carbonyl (C=O) groups is 1. The normalized spacial score (nSPS) is 31.0. The van der Waals surface area contributed by atoms with E-state index in [1.54, 1.807) is 0 Å². The third-order valence-corrected chi connectivity index (χ3v) is 4.91. The van der Waals surface area contributed by atoms with E-state index >= 15 is 0 Å². The van der Waals surface area contributed by atoms with Gasteiger partial charge in [-0.1, -0.05) is 19.8 Å². The Morgan fingerprint density at radius 2 is 2.05 bits per heavy atom. The Hall–Kier alpha value is -0.610. The second-order valence-corrected chi connectivity index (χ2v) is 6.65. The molecule has 0 heterocycles. The molecule has 2 saturated carbocycles. The zero-order valence-corrected chi connectivity index (χ0v) is 12.5. The van der Waals surface area contributed by atoms with Gasteiger partial charge in [-0.3, -0.25) is 4.79 Å². The lowest BCUT2D eigenvalue weighted by molar-refractivity contribution is -0.149. The van der Waals surface area contributed by atoms with E-state index < -0.39 is 5.54 Å². The lowest BCUT2D eigenvalue weighted by Crippen LogP contribution is -2.59. The highest BCUT2D eigenvalue weighted by Gasteiger charge is 2.50. The van der Waals surface area contributed by atoms with Crippen LogP contribution in [0.4, 0.5) is 0 Å². The fraction of sp³-hybridized carbons (Fsp3) is 0.933. The summed E-state index contributed by atoms with van der Waals surface area (Å²) in [7, 11) is 3.55. The Morgan fingerprint density at radius 3 is 2.58 bits per heavy atom. The Balaban J connectivity index is 1.98. The van der Waals surface area contributed by atoms with E-state index in [1.165, 1.54) is 32.8 Å². The average molecular weight is 268 g/mol. The van der Waals surface area contributed by atoms with Crippen molar-refractivity contribution in [3.63, 3.8) is 0 Å². The highest BCUT2D eigenvalue weighted by Crippen LogP contribution is 2.40. The number of hydrogen-bond acceptors (Lipinski definition) is 4. The maximum absolute atomic E-state index is 12.0. The van der Waals surface area contributed by atoms with E-state index in [-0.39, 0.29) is 5.97 Å². The maximum Gasteiger partial charge on any atom is 0.327 e. The topological polar surface area (TPSA) is 55.6 Å². The molecule has 0 radical (unpaired) electrons. The summed E-state index contributed by atoms with van der Waals surface area (Å²) in [5.74, 6) is 0.849. The summed E-state index contributed by atoms with van der Waals surface area (Å²) in [6.45, 7) is 2.94. The molecule has 4 nitrogen and oxygen atoms in total. The molecule has 0 aromatic carbocycles. The first kappa shape index (κ1) is 14.8. The monoisotopic (exact) mass is 268 g/mol. The Kier molecular flexibility index (Phi) is 4.51. The molecule has 3 atom stereocenters. The number of esters is 1. The summed E-state index contributed by atoms with van der Waals surface area (Å²) < 4.78 is 4.94. The molecule has 2 aliphatic carbocycles. The minimum absolute atomic E-state index is 0.245. The van der Waals surface area contributed by atoms with Crippen molar-refractivity contribution in [2.75, 3.05) is 20.7 Å². The Labute approximate surface area is 116 Å². The Bertz CT molecular complexity index is 330. The third-order valence-electron chi connectivity index (χ3n) is 4.91. The summed E-state index contributed by atoms with van der Waals surface area (Å²) in [6, 6.07) is 0.565. The van der Waals surface area contributed by atoms with E-state index in [0.717, 1.165) is 18.8 Å². The van der Waals surface area contributed by atoms with Gasteiger partial charge in [-0.05, 0) is 44.6 Å². The first-order valence-corrected chi connectivity index (χ1v) is 7.55. The van der Waals surface area contributed by atoms with Gasteiger partial charge in [0.15, 0.2) is 0 Å². The SMILES string of the molecule is COC(=O)C(N)(CN(C)C1CCCC(C)C1)C1CC1. The van der Waals surface area contributed by atoms with E-state index in [9.17, 15) is 4.79 Å². The first-order valence-electron chi connectivity index (χ1n) is 7.55. The molecule has 0 aromatic heterocycles. The molecule has 2 rings (SSSR count). The zero-order chi connectivity index (χ0) is 14.0. The van der Waals surface area contributed by atoms with Gasteiger partial charge in [0.25, 0.3) is 0 Å². The van der Waals surface area contributed by atoms with Crippen LogP contribution in [0.3, 0.4) is 0 Å². The number of hydrogen-bond donors (Lipinski definition) is 1. The van der Waals surface area contributed by atoms with Crippen LogP contribution in [0, 0.1) is 11.8 Å². The summed E-state index contributed by atoms with van der Waals surface area (Å²) in [5.41, 5.74) is 5.58. The maximum atomic E-state index is 12.0. The first-order chi connectivity index (χ1) is 8.97. The summed E-state index contributed by atoms with van der Waals surface area (Å²) in [4.78, 5) is 14.3. The number of likely N-dealkylation sites (N-methyl/N-ethyl adjacent to an activating group) is 1. The van der Waals surface area contributed by atoms with Crippen molar-refractivity contribution >= 4 is 5.97 Å². The average Bonchev–Trinajstić information content (AvgIpc) is 3.22. The molecule has 0 aromatic rings. The van der Waals surface area contributed by atoms with Crippen LogP contribution in [0.5, 0.6) is 0 Å². The van der Waals surface area contributed by atoms with E-state index in [1.807, 2.05) is 0 Å². The summed E-state index contributed by atoms with van der Waals surface area (Å²) in [5, 5.41) is 0. The van der Waals surface area contributed by atoms with Gasteiger partial charge in [-0.2, -0.15) is 0 Å². The van der Waals surface area contributed by atoms with Crippen LogP contribution in [0.25, 0.3) is 0 Å². The van der Waals surface area contributed by atoms with Crippen molar-refractivity contribution in [2.45, 2.75) is 57.0 Å². The molecule has 0 saturated heterocycles. The minimum atomic E-state index is -0.801. The standard InChI is InChI=1S/C15H28N2O2/c1-11-5-4-6-13(9-11)17(2)10-15(16,12-7-8-12)14(18)19-3/h11-13H,4-10,16H2,1-3H3. The van der Waals surface area contributed by atoms with Crippen LogP contribution in [0.15, 0.2) is 0 Å². The lowest BCUT2D eigenvalue weighted by Gasteiger charge is -2.38. The second kappa shape index (κ2) is 5.80. The van der Waals surface area contributed by atoms with Crippen molar-refractivity contribution < 1.29 is 9.53 Å². The zero-order valence-electron chi connectivity index (χ0n) is 12.5. The largest absolute Gasteiger partial charge is 0.468 e. The molecule has 110 valence electrons. The molecular formula is C15H28N2O2. The molecule has 0 bridgehead atoms. The third kappa shape index (κ3) is 3.29. The van der Waals surface area contributed by atoms with Gasteiger partial charge in [0.2, 0.25) is 0 Å². The van der Waals surface area contributed by atoms with Crippen LogP contribution in [0.1, 0.15) is 45.4 Å². The molecule has 4 heteroatoms. The molecular weight excluding hydrogens is 240 g/mol. The Morgan fingerprint density at radius 1 is 1.37 bits per heavy atom. The molecule has 0 amide bonds. The lowest BCUT2D eigenvalue weighted by atomic mass is 9.85. The smallest absolute Gasteiger partial charge is 0.327 e. The predicted molar refractivity (Wildman–Crippen MR) is 75.7 cm³/mol. The molecule has 2 fully saturated rings. The fourth-order valence-electron chi connectivity index (χ4n) is 3.49. The molecule has 3 unspecified atom stereocenters. The van der Waals surface area contributed by atoms with Crippen molar-refractivity contribution in [3.05, 3.63) is 0 Å². The van der Waals surface area contributed by atoms with Crippen molar-refractivity contribution in [1.82, 2.24) is 4.90 Å². The number of nitrogens with two attached hydrogens (primary N) is 1. The van der Waals surface area contributed by atoms with Crippen LogP contribution >= 0.6 is 0 Å². The fourth-order valence-corrected chi connectivity index (χ4v) is 3.49. The van der Waals surface area contributed by atoms with Crippen molar-refractivity contribution in [1.29, 1.82) is 0 Å². The van der Waals surface area contributed by atoms with Crippen LogP contribution in [0.2, 0.25) is 0 Å². The molecule has 19 heavy (non-hydrogen) atoms. The minimum Gasteiger partial charge on any atom is -0.468 e. The molecule has 0 spiro atoms. The van der Waals surface area contributed by atoms with E-state index in [4.69, 9.17) is 10.5 Å². The van der Waals surface area contributed by atoms with Crippen LogP contribution < -0.4 is 5.73 Å². The van der Waals surface area contributed by atoms with Crippen molar-refractivity contribution in [2.24, 2.45) is 17.6 Å². The predicted octanol–water partition coefficient (Wildman–Crippen LogP) is 1.78. The molecule has 2 N–H and O–H groups in total. The van der Waals surface area contributed by atoms with Gasteiger partial charge in [0, 0.05) is 12.6 Å².